The first-order valence-corrected chi connectivity index (χ1v) is 9.02. The predicted molar refractivity (Wildman–Crippen MR) is 94.5 cm³/mol. The first kappa shape index (κ1) is 16.4. The standard InChI is InChI=1S/C18H18N2O3S/c1-12-3-6-16(7-4-12)24(22,23)19-11-14-5-8-17-15(10-14)9-13(2)18(21)20-17/h3-10,19H,11H2,1-2H3,(H,20,21). The summed E-state index contributed by atoms with van der Waals surface area (Å²) in [6.07, 6.45) is 0. The van der Waals surface area contributed by atoms with Crippen molar-refractivity contribution in [3.63, 3.8) is 0 Å². The molecule has 0 aliphatic heterocycles. The van der Waals surface area contributed by atoms with Crippen LogP contribution in [0.1, 0.15) is 16.7 Å². The van der Waals surface area contributed by atoms with Crippen molar-refractivity contribution in [3.05, 3.63) is 75.6 Å². The van der Waals surface area contributed by atoms with Crippen molar-refractivity contribution in [1.82, 2.24) is 9.71 Å². The van der Waals surface area contributed by atoms with Crippen molar-refractivity contribution < 1.29 is 8.42 Å². The molecule has 24 heavy (non-hydrogen) atoms. The van der Waals surface area contributed by atoms with E-state index in [1.807, 2.05) is 13.0 Å². The van der Waals surface area contributed by atoms with Crippen LogP contribution in [0.5, 0.6) is 0 Å². The minimum atomic E-state index is -3.55. The highest BCUT2D eigenvalue weighted by molar-refractivity contribution is 7.89. The maximum absolute atomic E-state index is 12.3. The monoisotopic (exact) mass is 342 g/mol. The molecule has 0 aliphatic rings. The molecule has 0 saturated heterocycles. The maximum Gasteiger partial charge on any atom is 0.251 e. The van der Waals surface area contributed by atoms with E-state index >= 15 is 0 Å². The zero-order valence-corrected chi connectivity index (χ0v) is 14.3. The van der Waals surface area contributed by atoms with Gasteiger partial charge in [0.05, 0.1) is 4.90 Å². The van der Waals surface area contributed by atoms with Crippen molar-refractivity contribution >= 4 is 20.9 Å². The van der Waals surface area contributed by atoms with Gasteiger partial charge in [0.2, 0.25) is 10.0 Å². The van der Waals surface area contributed by atoms with Crippen LogP contribution in [-0.2, 0) is 16.6 Å². The predicted octanol–water partition coefficient (Wildman–Crippen LogP) is 2.62. The molecule has 1 aromatic heterocycles. The fraction of sp³-hybridized carbons (Fsp3) is 0.167. The van der Waals surface area contributed by atoms with Gasteiger partial charge in [-0.15, -0.1) is 0 Å². The summed E-state index contributed by atoms with van der Waals surface area (Å²) >= 11 is 0. The molecular weight excluding hydrogens is 324 g/mol. The van der Waals surface area contributed by atoms with Gasteiger partial charge in [0.25, 0.3) is 5.56 Å². The lowest BCUT2D eigenvalue weighted by molar-refractivity contribution is 0.581. The average Bonchev–Trinajstić information content (AvgIpc) is 2.54. The van der Waals surface area contributed by atoms with Gasteiger partial charge in [-0.2, -0.15) is 0 Å². The number of rotatable bonds is 4. The van der Waals surface area contributed by atoms with E-state index in [-0.39, 0.29) is 17.0 Å². The van der Waals surface area contributed by atoms with Gasteiger partial charge < -0.3 is 4.98 Å². The Morgan fingerprint density at radius 1 is 1.00 bits per heavy atom. The van der Waals surface area contributed by atoms with Gasteiger partial charge in [0.15, 0.2) is 0 Å². The molecule has 0 atom stereocenters. The fourth-order valence-electron chi connectivity index (χ4n) is 2.45. The Morgan fingerprint density at radius 2 is 1.71 bits per heavy atom. The number of aromatic nitrogens is 1. The van der Waals surface area contributed by atoms with E-state index in [1.165, 1.54) is 0 Å². The van der Waals surface area contributed by atoms with Gasteiger partial charge in [-0.3, -0.25) is 4.79 Å². The Bertz CT molecular complexity index is 1050. The van der Waals surface area contributed by atoms with Crippen LogP contribution in [0.25, 0.3) is 10.9 Å². The molecule has 2 N–H and O–H groups in total. The van der Waals surface area contributed by atoms with Crippen molar-refractivity contribution in [2.75, 3.05) is 0 Å². The number of aromatic amines is 1. The molecule has 0 spiro atoms. The summed E-state index contributed by atoms with van der Waals surface area (Å²) in [6, 6.07) is 14.0. The number of H-pyrrole nitrogens is 1. The first-order chi connectivity index (χ1) is 11.3. The van der Waals surface area contributed by atoms with Crippen molar-refractivity contribution in [2.45, 2.75) is 25.3 Å². The number of hydrogen-bond acceptors (Lipinski definition) is 3. The molecule has 3 aromatic rings. The largest absolute Gasteiger partial charge is 0.322 e. The van der Waals surface area contributed by atoms with E-state index in [0.717, 1.165) is 22.0 Å². The highest BCUT2D eigenvalue weighted by Gasteiger charge is 2.13. The Kier molecular flexibility index (Phi) is 4.26. The topological polar surface area (TPSA) is 79.0 Å². The minimum Gasteiger partial charge on any atom is -0.322 e. The van der Waals surface area contributed by atoms with E-state index in [4.69, 9.17) is 0 Å². The van der Waals surface area contributed by atoms with E-state index < -0.39 is 10.0 Å². The van der Waals surface area contributed by atoms with E-state index in [0.29, 0.717) is 5.56 Å². The smallest absolute Gasteiger partial charge is 0.251 e. The summed E-state index contributed by atoms with van der Waals surface area (Å²) in [4.78, 5) is 14.6. The third-order valence-corrected chi connectivity index (χ3v) is 5.31. The summed E-state index contributed by atoms with van der Waals surface area (Å²) in [5.41, 5.74) is 3.07. The van der Waals surface area contributed by atoms with E-state index in [1.54, 1.807) is 49.4 Å². The van der Waals surface area contributed by atoms with E-state index in [2.05, 4.69) is 9.71 Å². The number of hydrogen-bond donors (Lipinski definition) is 2. The molecule has 0 bridgehead atoms. The van der Waals surface area contributed by atoms with Crippen LogP contribution < -0.4 is 10.3 Å². The van der Waals surface area contributed by atoms with Crippen LogP contribution >= 0.6 is 0 Å². The maximum atomic E-state index is 12.3. The molecule has 0 fully saturated rings. The van der Waals surface area contributed by atoms with Crippen LogP contribution in [0.3, 0.4) is 0 Å². The van der Waals surface area contributed by atoms with Gasteiger partial charge in [-0.1, -0.05) is 23.8 Å². The Balaban J connectivity index is 1.83. The molecule has 0 unspecified atom stereocenters. The van der Waals surface area contributed by atoms with Crippen molar-refractivity contribution in [1.29, 1.82) is 0 Å². The van der Waals surface area contributed by atoms with Gasteiger partial charge in [-0.05, 0) is 55.1 Å². The molecule has 124 valence electrons. The normalized spacial score (nSPS) is 11.8. The van der Waals surface area contributed by atoms with E-state index in [9.17, 15) is 13.2 Å². The average molecular weight is 342 g/mol. The lowest BCUT2D eigenvalue weighted by Gasteiger charge is -2.08. The highest BCUT2D eigenvalue weighted by atomic mass is 32.2. The third kappa shape index (κ3) is 3.39. The van der Waals surface area contributed by atoms with Crippen LogP contribution in [-0.4, -0.2) is 13.4 Å². The van der Waals surface area contributed by atoms with Gasteiger partial charge in [-0.25, -0.2) is 13.1 Å². The second-order valence-electron chi connectivity index (χ2n) is 5.84. The molecule has 6 heteroatoms. The van der Waals surface area contributed by atoms with Gasteiger partial charge >= 0.3 is 0 Å². The SMILES string of the molecule is Cc1ccc(S(=O)(=O)NCc2ccc3[nH]c(=O)c(C)cc3c2)cc1. The van der Waals surface area contributed by atoms with Crippen LogP contribution in [0.2, 0.25) is 0 Å². The number of benzene rings is 2. The number of aryl methyl sites for hydroxylation is 2. The van der Waals surface area contributed by atoms with Gasteiger partial charge in [0, 0.05) is 17.6 Å². The minimum absolute atomic E-state index is 0.115. The Hall–Kier alpha value is -2.44. The lowest BCUT2D eigenvalue weighted by Crippen LogP contribution is -2.23. The third-order valence-electron chi connectivity index (χ3n) is 3.89. The summed E-state index contributed by atoms with van der Waals surface area (Å²) in [5.74, 6) is 0. The molecular formula is C18H18N2O3S. The molecule has 2 aromatic carbocycles. The quantitative estimate of drug-likeness (QED) is 0.765. The molecule has 3 rings (SSSR count). The van der Waals surface area contributed by atoms with Gasteiger partial charge in [0.1, 0.15) is 0 Å². The second-order valence-corrected chi connectivity index (χ2v) is 7.61. The number of sulfonamides is 1. The number of nitrogens with one attached hydrogen (secondary N) is 2. The fourth-order valence-corrected chi connectivity index (χ4v) is 3.47. The molecule has 0 amide bonds. The summed E-state index contributed by atoms with van der Waals surface area (Å²) in [5, 5.41) is 0.874. The summed E-state index contributed by atoms with van der Waals surface area (Å²) in [6.45, 7) is 3.83. The second kappa shape index (κ2) is 6.22. The highest BCUT2D eigenvalue weighted by Crippen LogP contribution is 2.15. The molecule has 0 radical (unpaired) electrons. The van der Waals surface area contributed by atoms with Crippen molar-refractivity contribution in [3.8, 4) is 0 Å². The number of pyridine rings is 1. The Labute approximate surface area is 140 Å². The van der Waals surface area contributed by atoms with Crippen LogP contribution in [0.4, 0.5) is 0 Å². The molecule has 1 heterocycles. The Morgan fingerprint density at radius 3 is 2.42 bits per heavy atom. The lowest BCUT2D eigenvalue weighted by atomic mass is 10.1. The summed E-state index contributed by atoms with van der Waals surface area (Å²) in [7, 11) is -3.55. The zero-order valence-electron chi connectivity index (χ0n) is 13.5. The first-order valence-electron chi connectivity index (χ1n) is 7.54. The van der Waals surface area contributed by atoms with Crippen molar-refractivity contribution in [2.24, 2.45) is 0 Å². The molecule has 5 nitrogen and oxygen atoms in total. The zero-order chi connectivity index (χ0) is 17.3. The summed E-state index contributed by atoms with van der Waals surface area (Å²) < 4.78 is 27.2. The number of fused-ring (bicyclic) bond motifs is 1. The van der Waals surface area contributed by atoms with Crippen LogP contribution in [0, 0.1) is 13.8 Å². The van der Waals surface area contributed by atoms with Crippen LogP contribution in [0.15, 0.2) is 58.2 Å². The molecule has 0 saturated carbocycles. The molecule has 0 aliphatic carbocycles.